The molecule has 1 aliphatic heterocycles. The van der Waals surface area contributed by atoms with E-state index in [0.717, 1.165) is 12.5 Å². The van der Waals surface area contributed by atoms with Crippen molar-refractivity contribution in [3.63, 3.8) is 0 Å². The number of benzene rings is 1. The van der Waals surface area contributed by atoms with Gasteiger partial charge in [0, 0.05) is 13.2 Å². The maximum absolute atomic E-state index is 13.0. The van der Waals surface area contributed by atoms with E-state index in [1.165, 1.54) is 12.1 Å². The first kappa shape index (κ1) is 15.8. The quantitative estimate of drug-likeness (QED) is 0.902. The van der Waals surface area contributed by atoms with Crippen LogP contribution in [0.5, 0.6) is 0 Å². The highest BCUT2D eigenvalue weighted by atomic mass is 19.4. The molecule has 0 radical (unpaired) electrons. The van der Waals surface area contributed by atoms with Crippen LogP contribution >= 0.6 is 0 Å². The molecule has 1 unspecified atom stereocenters. The Balaban J connectivity index is 2.20. The minimum absolute atomic E-state index is 0.00771. The van der Waals surface area contributed by atoms with Crippen molar-refractivity contribution in [3.8, 4) is 0 Å². The Hall–Kier alpha value is -1.60. The number of hydrogen-bond acceptors (Lipinski definition) is 3. The molecule has 1 saturated heterocycles. The SMILES string of the molecule is NCc1ccc(NC(=O)C2CCCOC2)c(C(F)(F)F)c1. The summed E-state index contributed by atoms with van der Waals surface area (Å²) in [5.74, 6) is -0.852. The van der Waals surface area contributed by atoms with E-state index in [1.807, 2.05) is 0 Å². The molecule has 0 aromatic heterocycles. The molecular formula is C14H17F3N2O2. The van der Waals surface area contributed by atoms with Crippen LogP contribution in [-0.4, -0.2) is 19.1 Å². The Bertz CT molecular complexity index is 511. The molecule has 0 spiro atoms. The summed E-state index contributed by atoms with van der Waals surface area (Å²) >= 11 is 0. The second kappa shape index (κ2) is 6.44. The average molecular weight is 302 g/mol. The predicted molar refractivity (Wildman–Crippen MR) is 71.5 cm³/mol. The minimum Gasteiger partial charge on any atom is -0.381 e. The van der Waals surface area contributed by atoms with Crippen LogP contribution in [0, 0.1) is 5.92 Å². The molecule has 0 aliphatic carbocycles. The molecular weight excluding hydrogens is 285 g/mol. The molecule has 1 atom stereocenters. The van der Waals surface area contributed by atoms with Gasteiger partial charge in [-0.2, -0.15) is 13.2 Å². The average Bonchev–Trinajstić information content (AvgIpc) is 2.47. The number of halogens is 3. The Morgan fingerprint density at radius 2 is 2.19 bits per heavy atom. The lowest BCUT2D eigenvalue weighted by atomic mass is 10.0. The number of anilines is 1. The predicted octanol–water partition coefficient (Wildman–Crippen LogP) is 2.53. The van der Waals surface area contributed by atoms with Crippen LogP contribution in [0.3, 0.4) is 0 Å². The van der Waals surface area contributed by atoms with Gasteiger partial charge in [-0.15, -0.1) is 0 Å². The smallest absolute Gasteiger partial charge is 0.381 e. The lowest BCUT2D eigenvalue weighted by Crippen LogP contribution is -2.31. The second-order valence-electron chi connectivity index (χ2n) is 4.99. The molecule has 1 heterocycles. The summed E-state index contributed by atoms with van der Waals surface area (Å²) in [7, 11) is 0. The molecule has 1 aliphatic rings. The zero-order valence-corrected chi connectivity index (χ0v) is 11.4. The third-order valence-corrected chi connectivity index (χ3v) is 3.41. The van der Waals surface area contributed by atoms with Crippen LogP contribution in [0.15, 0.2) is 18.2 Å². The lowest BCUT2D eigenvalue weighted by Gasteiger charge is -2.22. The van der Waals surface area contributed by atoms with Gasteiger partial charge in [0.15, 0.2) is 0 Å². The van der Waals surface area contributed by atoms with Crippen molar-refractivity contribution in [2.75, 3.05) is 18.5 Å². The second-order valence-corrected chi connectivity index (χ2v) is 4.99. The van der Waals surface area contributed by atoms with Gasteiger partial charge in [-0.05, 0) is 30.5 Å². The number of nitrogens with one attached hydrogen (secondary N) is 1. The van der Waals surface area contributed by atoms with E-state index in [4.69, 9.17) is 10.5 Å². The first-order valence-corrected chi connectivity index (χ1v) is 6.70. The molecule has 1 amide bonds. The summed E-state index contributed by atoms with van der Waals surface area (Å²) in [4.78, 5) is 12.0. The molecule has 1 aromatic carbocycles. The summed E-state index contributed by atoms with van der Waals surface area (Å²) < 4.78 is 44.3. The lowest BCUT2D eigenvalue weighted by molar-refractivity contribution is -0.137. The van der Waals surface area contributed by atoms with E-state index >= 15 is 0 Å². The van der Waals surface area contributed by atoms with Crippen LogP contribution < -0.4 is 11.1 Å². The van der Waals surface area contributed by atoms with Crippen molar-refractivity contribution in [2.45, 2.75) is 25.6 Å². The molecule has 0 bridgehead atoms. The zero-order chi connectivity index (χ0) is 15.5. The zero-order valence-electron chi connectivity index (χ0n) is 11.4. The molecule has 1 fully saturated rings. The van der Waals surface area contributed by atoms with E-state index < -0.39 is 23.6 Å². The Morgan fingerprint density at radius 1 is 1.43 bits per heavy atom. The fraction of sp³-hybridized carbons (Fsp3) is 0.500. The molecule has 4 nitrogen and oxygen atoms in total. The summed E-state index contributed by atoms with van der Waals surface area (Å²) in [5.41, 5.74) is 4.60. The third-order valence-electron chi connectivity index (χ3n) is 3.41. The molecule has 3 N–H and O–H groups in total. The van der Waals surface area contributed by atoms with Gasteiger partial charge in [0.2, 0.25) is 5.91 Å². The van der Waals surface area contributed by atoms with Gasteiger partial charge in [0.25, 0.3) is 0 Å². The first-order valence-electron chi connectivity index (χ1n) is 6.70. The number of amides is 1. The number of rotatable bonds is 3. The molecule has 116 valence electrons. The molecule has 2 rings (SSSR count). The summed E-state index contributed by atoms with van der Waals surface area (Å²) in [5, 5.41) is 2.36. The van der Waals surface area contributed by atoms with Gasteiger partial charge in [0.05, 0.1) is 23.8 Å². The monoisotopic (exact) mass is 302 g/mol. The van der Waals surface area contributed by atoms with Gasteiger partial charge in [-0.3, -0.25) is 4.79 Å². The van der Waals surface area contributed by atoms with Crippen molar-refractivity contribution in [3.05, 3.63) is 29.3 Å². The Kier molecular flexibility index (Phi) is 4.84. The van der Waals surface area contributed by atoms with E-state index in [1.54, 1.807) is 0 Å². The van der Waals surface area contributed by atoms with E-state index in [2.05, 4.69) is 5.32 Å². The van der Waals surface area contributed by atoms with Gasteiger partial charge in [-0.1, -0.05) is 6.07 Å². The van der Waals surface area contributed by atoms with Crippen molar-refractivity contribution in [1.82, 2.24) is 0 Å². The number of alkyl halides is 3. The van der Waals surface area contributed by atoms with Crippen molar-refractivity contribution in [1.29, 1.82) is 0 Å². The summed E-state index contributed by atoms with van der Waals surface area (Å²) in [6.45, 7) is 0.838. The van der Waals surface area contributed by atoms with Crippen molar-refractivity contribution >= 4 is 11.6 Å². The van der Waals surface area contributed by atoms with Crippen molar-refractivity contribution in [2.24, 2.45) is 11.7 Å². The summed E-state index contributed by atoms with van der Waals surface area (Å²) in [6, 6.07) is 3.68. The number of hydrogen-bond donors (Lipinski definition) is 2. The fourth-order valence-electron chi connectivity index (χ4n) is 2.24. The van der Waals surface area contributed by atoms with Crippen LogP contribution in [0.2, 0.25) is 0 Å². The molecule has 7 heteroatoms. The van der Waals surface area contributed by atoms with Gasteiger partial charge in [-0.25, -0.2) is 0 Å². The van der Waals surface area contributed by atoms with Gasteiger partial charge < -0.3 is 15.8 Å². The third kappa shape index (κ3) is 3.95. The first-order chi connectivity index (χ1) is 9.91. The van der Waals surface area contributed by atoms with E-state index in [-0.39, 0.29) is 18.8 Å². The molecule has 21 heavy (non-hydrogen) atoms. The van der Waals surface area contributed by atoms with E-state index in [9.17, 15) is 18.0 Å². The van der Waals surface area contributed by atoms with Crippen LogP contribution in [0.25, 0.3) is 0 Å². The van der Waals surface area contributed by atoms with Crippen LogP contribution in [0.1, 0.15) is 24.0 Å². The highest BCUT2D eigenvalue weighted by Crippen LogP contribution is 2.35. The normalized spacial score (nSPS) is 19.3. The van der Waals surface area contributed by atoms with Gasteiger partial charge in [0.1, 0.15) is 0 Å². The topological polar surface area (TPSA) is 64.3 Å². The molecule has 0 saturated carbocycles. The maximum Gasteiger partial charge on any atom is 0.418 e. The highest BCUT2D eigenvalue weighted by molar-refractivity contribution is 5.93. The minimum atomic E-state index is -4.54. The number of nitrogens with two attached hydrogens (primary N) is 1. The Morgan fingerprint density at radius 3 is 2.76 bits per heavy atom. The summed E-state index contributed by atoms with van der Waals surface area (Å²) in [6.07, 6.45) is -3.19. The number of ether oxygens (including phenoxy) is 1. The Labute approximate surface area is 120 Å². The largest absolute Gasteiger partial charge is 0.418 e. The fourth-order valence-corrected chi connectivity index (χ4v) is 2.24. The van der Waals surface area contributed by atoms with Crippen LogP contribution in [0.4, 0.5) is 18.9 Å². The highest BCUT2D eigenvalue weighted by Gasteiger charge is 2.34. The number of carbonyl (C=O) groups is 1. The van der Waals surface area contributed by atoms with Gasteiger partial charge >= 0.3 is 6.18 Å². The molecule has 1 aromatic rings. The standard InChI is InChI=1S/C14H17F3N2O2/c15-14(16,17)11-6-9(7-18)3-4-12(11)19-13(20)10-2-1-5-21-8-10/h3-4,6,10H,1-2,5,7-8,18H2,(H,19,20). The van der Waals surface area contributed by atoms with Crippen molar-refractivity contribution < 1.29 is 22.7 Å². The van der Waals surface area contributed by atoms with E-state index in [0.29, 0.717) is 18.6 Å². The van der Waals surface area contributed by atoms with Crippen LogP contribution in [-0.2, 0) is 22.3 Å². The number of carbonyl (C=O) groups excluding carboxylic acids is 1. The maximum atomic E-state index is 13.0.